The summed E-state index contributed by atoms with van der Waals surface area (Å²) < 4.78 is 13.7. The van der Waals surface area contributed by atoms with Gasteiger partial charge in [-0.15, -0.1) is 0 Å². The lowest BCUT2D eigenvalue weighted by Gasteiger charge is -2.12. The maximum Gasteiger partial charge on any atom is 0.256 e. The van der Waals surface area contributed by atoms with Gasteiger partial charge in [-0.05, 0) is 55.3 Å². The predicted molar refractivity (Wildman–Crippen MR) is 108 cm³/mol. The van der Waals surface area contributed by atoms with Gasteiger partial charge in [0, 0.05) is 26.9 Å². The van der Waals surface area contributed by atoms with E-state index in [1.54, 1.807) is 22.9 Å². The molecule has 1 atom stereocenters. The van der Waals surface area contributed by atoms with E-state index in [2.05, 4.69) is 10.4 Å². The molecule has 7 heteroatoms. The van der Waals surface area contributed by atoms with Gasteiger partial charge in [-0.3, -0.25) is 9.00 Å². The Hall–Kier alpha value is -2.44. The largest absolute Gasteiger partial charge is 0.306 e. The van der Waals surface area contributed by atoms with Crippen molar-refractivity contribution in [2.45, 2.75) is 25.4 Å². The molecule has 0 saturated carbocycles. The van der Waals surface area contributed by atoms with Gasteiger partial charge in [0.15, 0.2) is 0 Å². The van der Waals surface area contributed by atoms with Gasteiger partial charge in [0.05, 0.1) is 22.9 Å². The second-order valence-corrected chi connectivity index (χ2v) is 8.54. The fraction of sp³-hybridized carbons (Fsp3) is 0.200. The lowest BCUT2D eigenvalue weighted by molar-refractivity contribution is 0.102. The number of carbonyl (C=O) groups excluding carboxylic acids is 1. The van der Waals surface area contributed by atoms with E-state index in [0.717, 1.165) is 28.1 Å². The van der Waals surface area contributed by atoms with Crippen molar-refractivity contribution in [2.24, 2.45) is 0 Å². The van der Waals surface area contributed by atoms with E-state index in [-0.39, 0.29) is 5.91 Å². The Morgan fingerprint density at radius 3 is 2.70 bits per heavy atom. The minimum atomic E-state index is -0.987. The number of nitrogens with one attached hydrogen (secondary N) is 1. The third-order valence-corrected chi connectivity index (χ3v) is 6.16. The quantitative estimate of drug-likeness (QED) is 0.719. The van der Waals surface area contributed by atoms with Gasteiger partial charge < -0.3 is 5.32 Å². The monoisotopic (exact) mass is 399 g/mol. The number of aromatic nitrogens is 2. The van der Waals surface area contributed by atoms with Gasteiger partial charge >= 0.3 is 0 Å². The van der Waals surface area contributed by atoms with Crippen molar-refractivity contribution < 1.29 is 9.00 Å². The highest BCUT2D eigenvalue weighted by Crippen LogP contribution is 2.32. The molecule has 2 aromatic carbocycles. The Morgan fingerprint density at radius 2 is 1.96 bits per heavy atom. The number of hydrogen-bond acceptors (Lipinski definition) is 3. The molecule has 0 saturated heterocycles. The normalized spacial score (nSPS) is 15.6. The van der Waals surface area contributed by atoms with Crippen LogP contribution in [-0.4, -0.2) is 19.9 Å². The molecule has 1 aliphatic heterocycles. The maximum absolute atomic E-state index is 12.9. The number of fused-ring (bicyclic) bond motifs is 1. The fourth-order valence-corrected chi connectivity index (χ4v) is 4.56. The molecule has 138 valence electrons. The van der Waals surface area contributed by atoms with Crippen molar-refractivity contribution in [2.75, 3.05) is 5.32 Å². The van der Waals surface area contributed by atoms with E-state index in [1.165, 1.54) is 0 Å². The zero-order valence-electron chi connectivity index (χ0n) is 15.0. The van der Waals surface area contributed by atoms with Gasteiger partial charge in [-0.2, -0.15) is 5.10 Å². The van der Waals surface area contributed by atoms with E-state index < -0.39 is 10.8 Å². The molecule has 0 spiro atoms. The number of benzene rings is 2. The van der Waals surface area contributed by atoms with E-state index >= 15 is 0 Å². The van der Waals surface area contributed by atoms with Gasteiger partial charge in [-0.25, -0.2) is 4.68 Å². The number of carbonyl (C=O) groups is 1. The summed E-state index contributed by atoms with van der Waals surface area (Å²) in [6, 6.07) is 12.9. The Bertz CT molecular complexity index is 1090. The molecule has 1 N–H and O–H groups in total. The first-order valence-electron chi connectivity index (χ1n) is 8.52. The molecule has 5 nitrogen and oxygen atoms in total. The zero-order valence-corrected chi connectivity index (χ0v) is 16.5. The first-order chi connectivity index (χ1) is 12.9. The average Bonchev–Trinajstić information content (AvgIpc) is 3.14. The molecule has 0 fully saturated rings. The van der Waals surface area contributed by atoms with E-state index in [0.29, 0.717) is 27.9 Å². The number of amides is 1. The highest BCUT2D eigenvalue weighted by Gasteiger charge is 2.28. The van der Waals surface area contributed by atoms with Crippen LogP contribution in [0.15, 0.2) is 42.5 Å². The number of nitrogens with zero attached hydrogens (tertiary/aromatic N) is 2. The third kappa shape index (κ3) is 3.42. The summed E-state index contributed by atoms with van der Waals surface area (Å²) in [7, 11) is -0.987. The Labute approximate surface area is 164 Å². The Kier molecular flexibility index (Phi) is 4.61. The van der Waals surface area contributed by atoms with Crippen LogP contribution in [0.2, 0.25) is 5.02 Å². The second kappa shape index (κ2) is 6.94. The Balaban J connectivity index is 1.76. The van der Waals surface area contributed by atoms with Crippen LogP contribution in [0, 0.1) is 13.8 Å². The summed E-state index contributed by atoms with van der Waals surface area (Å²) in [5.74, 6) is 1.12. The summed E-state index contributed by atoms with van der Waals surface area (Å²) in [6.45, 7) is 3.98. The average molecular weight is 400 g/mol. The summed E-state index contributed by atoms with van der Waals surface area (Å²) in [4.78, 5) is 12.9. The molecule has 1 amide bonds. The lowest BCUT2D eigenvalue weighted by Crippen LogP contribution is -2.17. The van der Waals surface area contributed by atoms with Crippen LogP contribution < -0.4 is 5.32 Å². The first kappa shape index (κ1) is 17.9. The number of hydrogen-bond donors (Lipinski definition) is 1. The highest BCUT2D eigenvalue weighted by molar-refractivity contribution is 7.83. The standard InChI is InChI=1S/C20H18ClN3O2S/c1-12-6-7-14(8-13(12)2)20(25)22-19-17-10-27(26)11-18(17)23-24(19)16-5-3-4-15(21)9-16/h3-9H,10-11H2,1-2H3,(H,22,25). The van der Waals surface area contributed by atoms with Gasteiger partial charge in [-0.1, -0.05) is 23.7 Å². The number of halogens is 1. The molecule has 0 radical (unpaired) electrons. The van der Waals surface area contributed by atoms with Crippen LogP contribution in [0.1, 0.15) is 32.7 Å². The van der Waals surface area contributed by atoms with Crippen LogP contribution in [0.25, 0.3) is 5.69 Å². The molecule has 0 aliphatic carbocycles. The van der Waals surface area contributed by atoms with Crippen molar-refractivity contribution >= 4 is 34.1 Å². The fourth-order valence-electron chi connectivity index (χ4n) is 3.11. The summed E-state index contributed by atoms with van der Waals surface area (Å²) in [5.41, 5.74) is 5.08. The minimum absolute atomic E-state index is 0.221. The van der Waals surface area contributed by atoms with Gasteiger partial charge in [0.1, 0.15) is 5.82 Å². The van der Waals surface area contributed by atoms with E-state index in [4.69, 9.17) is 11.6 Å². The topological polar surface area (TPSA) is 64.0 Å². The summed E-state index contributed by atoms with van der Waals surface area (Å²) in [6.07, 6.45) is 0. The maximum atomic E-state index is 12.9. The number of rotatable bonds is 3. The SMILES string of the molecule is Cc1ccc(C(=O)Nc2c3c(nn2-c2cccc(Cl)c2)CS(=O)C3)cc1C. The predicted octanol–water partition coefficient (Wildman–Crippen LogP) is 4.16. The first-order valence-corrected chi connectivity index (χ1v) is 10.4. The van der Waals surface area contributed by atoms with E-state index in [1.807, 2.05) is 38.1 Å². The van der Waals surface area contributed by atoms with Crippen LogP contribution >= 0.6 is 11.6 Å². The smallest absolute Gasteiger partial charge is 0.256 e. The summed E-state index contributed by atoms with van der Waals surface area (Å²) >= 11 is 6.12. The van der Waals surface area contributed by atoms with Crippen molar-refractivity contribution in [1.82, 2.24) is 9.78 Å². The van der Waals surface area contributed by atoms with Crippen LogP contribution in [0.5, 0.6) is 0 Å². The van der Waals surface area contributed by atoms with Crippen molar-refractivity contribution in [3.05, 3.63) is 75.4 Å². The van der Waals surface area contributed by atoms with Gasteiger partial charge in [0.2, 0.25) is 0 Å². The van der Waals surface area contributed by atoms with E-state index in [9.17, 15) is 9.00 Å². The lowest BCUT2D eigenvalue weighted by atomic mass is 10.1. The van der Waals surface area contributed by atoms with Crippen LogP contribution in [0.3, 0.4) is 0 Å². The number of anilines is 1. The molecule has 0 bridgehead atoms. The second-order valence-electron chi connectivity index (χ2n) is 6.65. The van der Waals surface area contributed by atoms with Crippen molar-refractivity contribution in [3.8, 4) is 5.69 Å². The molecule has 1 aromatic heterocycles. The third-order valence-electron chi connectivity index (χ3n) is 4.72. The van der Waals surface area contributed by atoms with Gasteiger partial charge in [0.25, 0.3) is 5.91 Å². The molecule has 1 unspecified atom stereocenters. The molecule has 1 aliphatic rings. The summed E-state index contributed by atoms with van der Waals surface area (Å²) in [5, 5.41) is 8.14. The van der Waals surface area contributed by atoms with Crippen molar-refractivity contribution in [1.29, 1.82) is 0 Å². The molecule has 3 aromatic rings. The minimum Gasteiger partial charge on any atom is -0.306 e. The number of aryl methyl sites for hydroxylation is 2. The Morgan fingerprint density at radius 1 is 1.15 bits per heavy atom. The van der Waals surface area contributed by atoms with Crippen molar-refractivity contribution in [3.63, 3.8) is 0 Å². The molecule has 27 heavy (non-hydrogen) atoms. The molecule has 2 heterocycles. The van der Waals surface area contributed by atoms with Crippen LogP contribution in [0.4, 0.5) is 5.82 Å². The highest BCUT2D eigenvalue weighted by atomic mass is 35.5. The zero-order chi connectivity index (χ0) is 19.1. The molecular formula is C20H18ClN3O2S. The molecule has 4 rings (SSSR count). The van der Waals surface area contributed by atoms with Crippen LogP contribution in [-0.2, 0) is 22.3 Å². The molecular weight excluding hydrogens is 382 g/mol.